The van der Waals surface area contributed by atoms with E-state index in [0.717, 1.165) is 19.4 Å². The zero-order valence-corrected chi connectivity index (χ0v) is 7.48. The molecule has 0 fully saturated rings. The Morgan fingerprint density at radius 2 is 2.36 bits per heavy atom. The number of nitrogens with one attached hydrogen (secondary N) is 1. The van der Waals surface area contributed by atoms with Crippen LogP contribution in [-0.4, -0.2) is 12.6 Å². The lowest BCUT2D eigenvalue weighted by atomic mass is 10.2. The highest BCUT2D eigenvalue weighted by molar-refractivity contribution is 4.97. The molecule has 0 aromatic carbocycles. The van der Waals surface area contributed by atoms with Crippen molar-refractivity contribution in [1.82, 2.24) is 5.32 Å². The van der Waals surface area contributed by atoms with Crippen molar-refractivity contribution in [2.24, 2.45) is 0 Å². The van der Waals surface area contributed by atoms with Crippen molar-refractivity contribution in [1.29, 1.82) is 0 Å². The van der Waals surface area contributed by atoms with E-state index in [-0.39, 0.29) is 0 Å². The summed E-state index contributed by atoms with van der Waals surface area (Å²) in [5.74, 6) is 2.62. The summed E-state index contributed by atoms with van der Waals surface area (Å²) in [4.78, 5) is 0. The summed E-state index contributed by atoms with van der Waals surface area (Å²) in [5.41, 5.74) is 1.23. The maximum atomic E-state index is 5.16. The van der Waals surface area contributed by atoms with Gasteiger partial charge < -0.3 is 5.32 Å². The molecule has 0 aliphatic rings. The highest BCUT2D eigenvalue weighted by Gasteiger charge is 1.97. The molecule has 0 amide bonds. The largest absolute Gasteiger partial charge is 0.310 e. The van der Waals surface area contributed by atoms with E-state index in [1.807, 2.05) is 0 Å². The Morgan fingerprint density at radius 3 is 2.82 bits per heavy atom. The fourth-order valence-corrected chi connectivity index (χ4v) is 0.693. The monoisotopic (exact) mass is 151 g/mol. The van der Waals surface area contributed by atoms with Gasteiger partial charge in [-0.2, -0.15) is 0 Å². The van der Waals surface area contributed by atoms with Crippen LogP contribution in [0, 0.1) is 12.3 Å². The second-order valence-electron chi connectivity index (χ2n) is 2.79. The number of terminal acetylenes is 1. The van der Waals surface area contributed by atoms with Crippen LogP contribution in [0.1, 0.15) is 26.7 Å². The van der Waals surface area contributed by atoms with E-state index in [1.165, 1.54) is 5.57 Å². The first-order valence-electron chi connectivity index (χ1n) is 4.04. The third kappa shape index (κ3) is 5.69. The topological polar surface area (TPSA) is 12.0 Å². The average Bonchev–Trinajstić information content (AvgIpc) is 2.01. The predicted molar refractivity (Wildman–Crippen MR) is 50.3 cm³/mol. The molecule has 0 rings (SSSR count). The zero-order valence-electron chi connectivity index (χ0n) is 7.48. The molecule has 0 aliphatic heterocycles. The van der Waals surface area contributed by atoms with Gasteiger partial charge >= 0.3 is 0 Å². The molecule has 0 aliphatic carbocycles. The molecule has 0 aromatic heterocycles. The first-order chi connectivity index (χ1) is 5.20. The van der Waals surface area contributed by atoms with Crippen LogP contribution in [-0.2, 0) is 0 Å². The Labute approximate surface area is 69.9 Å². The molecule has 0 bridgehead atoms. The van der Waals surface area contributed by atoms with Gasteiger partial charge in [0.05, 0.1) is 0 Å². The van der Waals surface area contributed by atoms with Gasteiger partial charge in [0.1, 0.15) is 0 Å². The van der Waals surface area contributed by atoms with Crippen LogP contribution in [0.15, 0.2) is 12.2 Å². The van der Waals surface area contributed by atoms with E-state index in [0.29, 0.717) is 6.04 Å². The lowest BCUT2D eigenvalue weighted by molar-refractivity contribution is 0.584. The third-order valence-electron chi connectivity index (χ3n) is 1.62. The van der Waals surface area contributed by atoms with Gasteiger partial charge in [-0.15, -0.1) is 12.3 Å². The lowest BCUT2D eigenvalue weighted by Crippen LogP contribution is -2.27. The average molecular weight is 151 g/mol. The lowest BCUT2D eigenvalue weighted by Gasteiger charge is -2.10. The van der Waals surface area contributed by atoms with Crippen molar-refractivity contribution in [3.05, 3.63) is 12.2 Å². The normalized spacial score (nSPS) is 12.1. The Morgan fingerprint density at radius 1 is 1.73 bits per heavy atom. The SMILES string of the molecule is C#CCC(C)NCC(=C)CC. The van der Waals surface area contributed by atoms with Gasteiger partial charge in [0, 0.05) is 19.0 Å². The van der Waals surface area contributed by atoms with Crippen molar-refractivity contribution in [2.75, 3.05) is 6.54 Å². The summed E-state index contributed by atoms with van der Waals surface area (Å²) in [6.07, 6.45) is 6.98. The van der Waals surface area contributed by atoms with E-state index < -0.39 is 0 Å². The number of hydrogen-bond donors (Lipinski definition) is 1. The highest BCUT2D eigenvalue weighted by Crippen LogP contribution is 1.95. The van der Waals surface area contributed by atoms with Crippen LogP contribution in [0.5, 0.6) is 0 Å². The molecule has 0 saturated heterocycles. The van der Waals surface area contributed by atoms with Crippen LogP contribution in [0.25, 0.3) is 0 Å². The number of rotatable bonds is 5. The Bertz CT molecular complexity index is 153. The maximum absolute atomic E-state index is 5.16. The van der Waals surface area contributed by atoms with Gasteiger partial charge in [-0.05, 0) is 13.3 Å². The van der Waals surface area contributed by atoms with Gasteiger partial charge in [0.2, 0.25) is 0 Å². The maximum Gasteiger partial charge on any atom is 0.0238 e. The van der Waals surface area contributed by atoms with Crippen molar-refractivity contribution >= 4 is 0 Å². The molecule has 0 saturated carbocycles. The van der Waals surface area contributed by atoms with Crippen LogP contribution in [0.2, 0.25) is 0 Å². The first kappa shape index (κ1) is 10.3. The van der Waals surface area contributed by atoms with Crippen molar-refractivity contribution in [3.8, 4) is 12.3 Å². The van der Waals surface area contributed by atoms with Crippen LogP contribution >= 0.6 is 0 Å². The minimum absolute atomic E-state index is 0.406. The van der Waals surface area contributed by atoms with Gasteiger partial charge in [-0.3, -0.25) is 0 Å². The molecule has 0 spiro atoms. The summed E-state index contributed by atoms with van der Waals surface area (Å²) in [7, 11) is 0. The molecule has 1 N–H and O–H groups in total. The molecule has 1 unspecified atom stereocenters. The molecule has 1 nitrogen and oxygen atoms in total. The molecule has 62 valence electrons. The zero-order chi connectivity index (χ0) is 8.69. The van der Waals surface area contributed by atoms with Crippen molar-refractivity contribution < 1.29 is 0 Å². The van der Waals surface area contributed by atoms with Gasteiger partial charge in [0.25, 0.3) is 0 Å². The molecule has 0 radical (unpaired) electrons. The standard InChI is InChI=1S/C10H17N/c1-5-7-10(4)11-8-9(3)6-2/h1,10-11H,3,6-8H2,2,4H3. The fraction of sp³-hybridized carbons (Fsp3) is 0.600. The molecular weight excluding hydrogens is 134 g/mol. The molecular formula is C10H17N. The quantitative estimate of drug-likeness (QED) is 0.468. The van der Waals surface area contributed by atoms with E-state index in [1.54, 1.807) is 0 Å². The fourth-order valence-electron chi connectivity index (χ4n) is 0.693. The number of hydrogen-bond acceptors (Lipinski definition) is 1. The Kier molecular flexibility index (Phi) is 5.60. The predicted octanol–water partition coefficient (Wildman–Crippen LogP) is 1.95. The Balaban J connectivity index is 3.39. The second kappa shape index (κ2) is 6.00. The minimum atomic E-state index is 0.406. The van der Waals surface area contributed by atoms with E-state index in [4.69, 9.17) is 6.42 Å². The van der Waals surface area contributed by atoms with Crippen LogP contribution in [0.3, 0.4) is 0 Å². The minimum Gasteiger partial charge on any atom is -0.310 e. The van der Waals surface area contributed by atoms with Crippen LogP contribution < -0.4 is 5.32 Å². The summed E-state index contributed by atoms with van der Waals surface area (Å²) in [5, 5.41) is 3.29. The van der Waals surface area contributed by atoms with E-state index in [2.05, 4.69) is 31.7 Å². The van der Waals surface area contributed by atoms with Crippen LogP contribution in [0.4, 0.5) is 0 Å². The molecule has 0 heterocycles. The third-order valence-corrected chi connectivity index (χ3v) is 1.62. The molecule has 1 atom stereocenters. The van der Waals surface area contributed by atoms with Gasteiger partial charge in [-0.1, -0.05) is 19.1 Å². The smallest absolute Gasteiger partial charge is 0.0238 e. The second-order valence-corrected chi connectivity index (χ2v) is 2.79. The van der Waals surface area contributed by atoms with E-state index in [9.17, 15) is 0 Å². The van der Waals surface area contributed by atoms with Gasteiger partial charge in [-0.25, -0.2) is 0 Å². The summed E-state index contributed by atoms with van der Waals surface area (Å²) < 4.78 is 0. The highest BCUT2D eigenvalue weighted by atomic mass is 14.9. The molecule has 11 heavy (non-hydrogen) atoms. The molecule has 1 heteroatoms. The first-order valence-corrected chi connectivity index (χ1v) is 4.04. The summed E-state index contributed by atoms with van der Waals surface area (Å²) in [6, 6.07) is 0.406. The van der Waals surface area contributed by atoms with Gasteiger partial charge in [0.15, 0.2) is 0 Å². The summed E-state index contributed by atoms with van der Waals surface area (Å²) >= 11 is 0. The summed E-state index contributed by atoms with van der Waals surface area (Å²) in [6.45, 7) is 8.97. The van der Waals surface area contributed by atoms with Crippen molar-refractivity contribution in [2.45, 2.75) is 32.7 Å². The van der Waals surface area contributed by atoms with Crippen molar-refractivity contribution in [3.63, 3.8) is 0 Å². The van der Waals surface area contributed by atoms with E-state index >= 15 is 0 Å². The Hall–Kier alpha value is -0.740. The molecule has 0 aromatic rings.